The highest BCUT2D eigenvalue weighted by atomic mass is 16.5. The van der Waals surface area contributed by atoms with Gasteiger partial charge in [0.05, 0.1) is 11.7 Å². The lowest BCUT2D eigenvalue weighted by atomic mass is 9.76. The lowest BCUT2D eigenvalue weighted by molar-refractivity contribution is -0.124. The largest absolute Gasteiger partial charge is 0.370 e. The zero-order chi connectivity index (χ0) is 13.6. The van der Waals surface area contributed by atoms with Crippen LogP contribution in [0.3, 0.4) is 0 Å². The summed E-state index contributed by atoms with van der Waals surface area (Å²) in [4.78, 5) is 0. The van der Waals surface area contributed by atoms with Gasteiger partial charge in [0.15, 0.2) is 0 Å². The molecule has 0 saturated heterocycles. The molecule has 0 amide bonds. The molecule has 1 unspecified atom stereocenters. The van der Waals surface area contributed by atoms with Crippen LogP contribution in [-0.4, -0.2) is 25.3 Å². The molecule has 108 valence electrons. The molecule has 0 aliphatic heterocycles. The van der Waals surface area contributed by atoms with Crippen molar-refractivity contribution in [1.29, 1.82) is 0 Å². The fraction of sp³-hybridized carbons (Fsp3) is 1.00. The topological polar surface area (TPSA) is 21.3 Å². The molecule has 18 heavy (non-hydrogen) atoms. The lowest BCUT2D eigenvalue weighted by Crippen LogP contribution is -2.47. The van der Waals surface area contributed by atoms with Gasteiger partial charge in [0, 0.05) is 6.54 Å². The van der Waals surface area contributed by atoms with Gasteiger partial charge in [-0.3, -0.25) is 0 Å². The summed E-state index contributed by atoms with van der Waals surface area (Å²) in [6, 6.07) is 0. The van der Waals surface area contributed by atoms with E-state index in [0.29, 0.717) is 12.0 Å². The van der Waals surface area contributed by atoms with Gasteiger partial charge >= 0.3 is 0 Å². The van der Waals surface area contributed by atoms with Crippen LogP contribution in [0.4, 0.5) is 0 Å². The second-order valence-corrected chi connectivity index (χ2v) is 6.51. The van der Waals surface area contributed by atoms with Crippen LogP contribution < -0.4 is 5.32 Å². The first-order valence-electron chi connectivity index (χ1n) is 7.85. The predicted octanol–water partition coefficient (Wildman–Crippen LogP) is 4.00. The molecule has 0 heterocycles. The summed E-state index contributed by atoms with van der Waals surface area (Å²) < 4.78 is 6.44. The van der Waals surface area contributed by atoms with E-state index in [1.165, 1.54) is 38.5 Å². The van der Waals surface area contributed by atoms with E-state index in [1.54, 1.807) is 0 Å². The molecule has 0 radical (unpaired) electrons. The first kappa shape index (κ1) is 16.0. The van der Waals surface area contributed by atoms with Crippen molar-refractivity contribution in [3.8, 4) is 0 Å². The van der Waals surface area contributed by atoms with E-state index in [1.807, 2.05) is 7.05 Å². The van der Waals surface area contributed by atoms with Gasteiger partial charge in [-0.25, -0.2) is 0 Å². The summed E-state index contributed by atoms with van der Waals surface area (Å²) in [5.74, 6) is 1.55. The van der Waals surface area contributed by atoms with Crippen LogP contribution in [0.2, 0.25) is 0 Å². The molecule has 1 saturated carbocycles. The molecule has 0 aromatic heterocycles. The average Bonchev–Trinajstić information content (AvgIpc) is 2.33. The van der Waals surface area contributed by atoms with E-state index in [9.17, 15) is 0 Å². The summed E-state index contributed by atoms with van der Waals surface area (Å²) in [6.45, 7) is 10.0. The third kappa shape index (κ3) is 4.55. The third-order valence-corrected chi connectivity index (χ3v) is 4.59. The van der Waals surface area contributed by atoms with Crippen molar-refractivity contribution >= 4 is 0 Å². The smallest absolute Gasteiger partial charge is 0.0810 e. The first-order valence-corrected chi connectivity index (χ1v) is 7.85. The summed E-state index contributed by atoms with van der Waals surface area (Å²) in [5, 5.41) is 3.34. The Morgan fingerprint density at radius 1 is 1.22 bits per heavy atom. The Morgan fingerprint density at radius 2 is 1.83 bits per heavy atom. The molecular formula is C16H33NO. The van der Waals surface area contributed by atoms with E-state index >= 15 is 0 Å². The highest BCUT2D eigenvalue weighted by Crippen LogP contribution is 2.37. The maximum absolute atomic E-state index is 6.44. The normalized spacial score (nSPS) is 30.7. The van der Waals surface area contributed by atoms with Gasteiger partial charge in [-0.1, -0.05) is 33.6 Å². The molecule has 1 fully saturated rings. The summed E-state index contributed by atoms with van der Waals surface area (Å²) in [7, 11) is 2.04. The lowest BCUT2D eigenvalue weighted by Gasteiger charge is -2.42. The van der Waals surface area contributed by atoms with Gasteiger partial charge in [0.2, 0.25) is 0 Å². The van der Waals surface area contributed by atoms with E-state index in [4.69, 9.17) is 4.74 Å². The van der Waals surface area contributed by atoms with E-state index in [2.05, 4.69) is 33.0 Å². The van der Waals surface area contributed by atoms with E-state index in [-0.39, 0.29) is 5.60 Å². The minimum absolute atomic E-state index is 0.0999. The second-order valence-electron chi connectivity index (χ2n) is 6.51. The highest BCUT2D eigenvalue weighted by molar-refractivity contribution is 4.90. The van der Waals surface area contributed by atoms with Crippen LogP contribution in [0.5, 0.6) is 0 Å². The molecule has 1 aliphatic carbocycles. The average molecular weight is 255 g/mol. The molecule has 0 bridgehead atoms. The predicted molar refractivity (Wildman–Crippen MR) is 78.9 cm³/mol. The molecular weight excluding hydrogens is 222 g/mol. The van der Waals surface area contributed by atoms with Gasteiger partial charge in [-0.2, -0.15) is 0 Å². The summed E-state index contributed by atoms with van der Waals surface area (Å²) >= 11 is 0. The van der Waals surface area contributed by atoms with Crippen LogP contribution in [0.1, 0.15) is 66.2 Å². The molecule has 1 rings (SSSR count). The monoisotopic (exact) mass is 255 g/mol. The van der Waals surface area contributed by atoms with Crippen molar-refractivity contribution in [2.24, 2.45) is 11.8 Å². The van der Waals surface area contributed by atoms with Crippen LogP contribution >= 0.6 is 0 Å². The van der Waals surface area contributed by atoms with E-state index < -0.39 is 0 Å². The first-order chi connectivity index (χ1) is 8.53. The SMILES string of the molecule is CCCC1CCC(CNC)(OC(C)C(C)C)CC1. The van der Waals surface area contributed by atoms with Crippen molar-refractivity contribution in [2.45, 2.75) is 77.9 Å². The van der Waals surface area contributed by atoms with Crippen molar-refractivity contribution in [3.05, 3.63) is 0 Å². The minimum Gasteiger partial charge on any atom is -0.370 e. The van der Waals surface area contributed by atoms with Crippen molar-refractivity contribution in [3.63, 3.8) is 0 Å². The van der Waals surface area contributed by atoms with Gasteiger partial charge in [-0.15, -0.1) is 0 Å². The zero-order valence-electron chi connectivity index (χ0n) is 13.1. The Morgan fingerprint density at radius 3 is 2.28 bits per heavy atom. The Kier molecular flexibility index (Phi) is 6.65. The highest BCUT2D eigenvalue weighted by Gasteiger charge is 2.37. The maximum atomic E-state index is 6.44. The Labute approximate surface area is 114 Å². The van der Waals surface area contributed by atoms with Crippen LogP contribution in [-0.2, 0) is 4.74 Å². The van der Waals surface area contributed by atoms with Crippen molar-refractivity contribution in [1.82, 2.24) is 5.32 Å². The molecule has 1 N–H and O–H groups in total. The molecule has 0 spiro atoms. The van der Waals surface area contributed by atoms with Crippen molar-refractivity contribution < 1.29 is 4.74 Å². The fourth-order valence-corrected chi connectivity index (χ4v) is 3.09. The van der Waals surface area contributed by atoms with Gasteiger partial charge in [0.25, 0.3) is 0 Å². The molecule has 0 aromatic rings. The molecule has 2 heteroatoms. The zero-order valence-corrected chi connectivity index (χ0v) is 13.1. The number of hydrogen-bond donors (Lipinski definition) is 1. The Balaban J connectivity index is 2.55. The van der Waals surface area contributed by atoms with Gasteiger partial charge < -0.3 is 10.1 Å². The number of nitrogens with one attached hydrogen (secondary N) is 1. The molecule has 2 nitrogen and oxygen atoms in total. The Bertz CT molecular complexity index is 219. The number of likely N-dealkylation sites (N-methyl/N-ethyl adjacent to an activating group) is 1. The Hall–Kier alpha value is -0.0800. The van der Waals surface area contributed by atoms with Gasteiger partial charge in [0.1, 0.15) is 0 Å². The summed E-state index contributed by atoms with van der Waals surface area (Å²) in [6.07, 6.45) is 8.25. The number of hydrogen-bond acceptors (Lipinski definition) is 2. The molecule has 0 aromatic carbocycles. The van der Waals surface area contributed by atoms with Crippen LogP contribution in [0, 0.1) is 11.8 Å². The maximum Gasteiger partial charge on any atom is 0.0810 e. The quantitative estimate of drug-likeness (QED) is 0.742. The van der Waals surface area contributed by atoms with Crippen LogP contribution in [0.15, 0.2) is 0 Å². The minimum atomic E-state index is 0.0999. The van der Waals surface area contributed by atoms with Crippen LogP contribution in [0.25, 0.3) is 0 Å². The molecule has 1 aliphatic rings. The third-order valence-electron chi connectivity index (χ3n) is 4.59. The van der Waals surface area contributed by atoms with Gasteiger partial charge in [-0.05, 0) is 51.5 Å². The fourth-order valence-electron chi connectivity index (χ4n) is 3.09. The number of ether oxygens (including phenoxy) is 1. The van der Waals surface area contributed by atoms with Crippen molar-refractivity contribution in [2.75, 3.05) is 13.6 Å². The second kappa shape index (κ2) is 7.49. The standard InChI is InChI=1S/C16H33NO/c1-6-7-15-8-10-16(11-9-15,12-17-5)18-14(4)13(2)3/h13-15,17H,6-12H2,1-5H3. The summed E-state index contributed by atoms with van der Waals surface area (Å²) in [5.41, 5.74) is 0.0999. The molecule has 1 atom stereocenters. The van der Waals surface area contributed by atoms with E-state index in [0.717, 1.165) is 12.5 Å². The number of rotatable bonds is 7.